The summed E-state index contributed by atoms with van der Waals surface area (Å²) in [5.41, 5.74) is 3.37. The Morgan fingerprint density at radius 2 is 2.05 bits per heavy atom. The van der Waals surface area contributed by atoms with E-state index in [0.717, 1.165) is 16.6 Å². The molecule has 0 radical (unpaired) electrons. The third-order valence-electron chi connectivity index (χ3n) is 3.61. The highest BCUT2D eigenvalue weighted by molar-refractivity contribution is 9.10. The maximum Gasteiger partial charge on any atom is 0.223 e. The molecule has 0 N–H and O–H groups in total. The Kier molecular flexibility index (Phi) is 3.83. The Morgan fingerprint density at radius 1 is 1.20 bits per heavy atom. The molecular formula is C16H15BrN2O. The molecule has 0 bridgehead atoms. The predicted molar refractivity (Wildman–Crippen MR) is 81.0 cm³/mol. The molecule has 0 atom stereocenters. The van der Waals surface area contributed by atoms with Crippen LogP contribution < -0.4 is 0 Å². The van der Waals surface area contributed by atoms with Gasteiger partial charge < -0.3 is 4.90 Å². The van der Waals surface area contributed by atoms with Gasteiger partial charge in [-0.1, -0.05) is 40.2 Å². The number of fused-ring (bicyclic) bond motifs is 1. The van der Waals surface area contributed by atoms with Crippen LogP contribution in [0.3, 0.4) is 0 Å². The number of hydrogen-bond acceptors (Lipinski definition) is 2. The zero-order valence-electron chi connectivity index (χ0n) is 11.1. The predicted octanol–water partition coefficient (Wildman–Crippen LogP) is 3.32. The van der Waals surface area contributed by atoms with Crippen molar-refractivity contribution in [2.24, 2.45) is 0 Å². The molecule has 1 aliphatic rings. The molecule has 4 heteroatoms. The summed E-state index contributed by atoms with van der Waals surface area (Å²) in [6.07, 6.45) is 3.09. The van der Waals surface area contributed by atoms with Crippen LogP contribution in [-0.4, -0.2) is 15.8 Å². The standard InChI is InChI=1S/C16H15BrN2O/c17-14-6-2-1-4-12(14)7-8-16(20)19-10-13-5-3-9-18-15(13)11-19/h1-6,9H,7-8,10-11H2. The van der Waals surface area contributed by atoms with Crippen molar-refractivity contribution in [3.8, 4) is 0 Å². The summed E-state index contributed by atoms with van der Waals surface area (Å²) in [6, 6.07) is 12.0. The van der Waals surface area contributed by atoms with Gasteiger partial charge >= 0.3 is 0 Å². The van der Waals surface area contributed by atoms with E-state index in [1.54, 1.807) is 6.20 Å². The van der Waals surface area contributed by atoms with Gasteiger partial charge in [0.25, 0.3) is 0 Å². The molecule has 0 aliphatic carbocycles. The van der Waals surface area contributed by atoms with Crippen LogP contribution in [0.5, 0.6) is 0 Å². The van der Waals surface area contributed by atoms with E-state index in [-0.39, 0.29) is 5.91 Å². The van der Waals surface area contributed by atoms with E-state index < -0.39 is 0 Å². The van der Waals surface area contributed by atoms with Gasteiger partial charge in [-0.05, 0) is 29.7 Å². The van der Waals surface area contributed by atoms with Crippen LogP contribution in [0, 0.1) is 0 Å². The van der Waals surface area contributed by atoms with Crippen LogP contribution in [0.4, 0.5) is 0 Å². The fourth-order valence-electron chi connectivity index (χ4n) is 2.48. The summed E-state index contributed by atoms with van der Waals surface area (Å²) in [7, 11) is 0. The molecule has 102 valence electrons. The van der Waals surface area contributed by atoms with Crippen LogP contribution in [0.1, 0.15) is 23.2 Å². The summed E-state index contributed by atoms with van der Waals surface area (Å²) in [5.74, 6) is 0.193. The zero-order valence-corrected chi connectivity index (χ0v) is 12.6. The number of nitrogens with zero attached hydrogens (tertiary/aromatic N) is 2. The average molecular weight is 331 g/mol. The van der Waals surface area contributed by atoms with E-state index >= 15 is 0 Å². The zero-order chi connectivity index (χ0) is 13.9. The fraction of sp³-hybridized carbons (Fsp3) is 0.250. The minimum Gasteiger partial charge on any atom is -0.332 e. The van der Waals surface area contributed by atoms with Crippen LogP contribution in [0.15, 0.2) is 47.1 Å². The van der Waals surface area contributed by atoms with Crippen molar-refractivity contribution in [3.05, 3.63) is 63.9 Å². The summed E-state index contributed by atoms with van der Waals surface area (Å²) >= 11 is 3.52. The molecule has 0 spiro atoms. The topological polar surface area (TPSA) is 33.2 Å². The van der Waals surface area contributed by atoms with Crippen LogP contribution in [-0.2, 0) is 24.3 Å². The quantitative estimate of drug-likeness (QED) is 0.864. The number of carbonyl (C=O) groups excluding carboxylic acids is 1. The molecule has 1 aromatic heterocycles. The summed E-state index contributed by atoms with van der Waals surface area (Å²) < 4.78 is 1.07. The molecule has 2 aromatic rings. The molecule has 2 heterocycles. The van der Waals surface area contributed by atoms with Crippen molar-refractivity contribution in [1.82, 2.24) is 9.88 Å². The molecule has 20 heavy (non-hydrogen) atoms. The molecule has 3 nitrogen and oxygen atoms in total. The Hall–Kier alpha value is -1.68. The maximum absolute atomic E-state index is 12.3. The highest BCUT2D eigenvalue weighted by atomic mass is 79.9. The van der Waals surface area contributed by atoms with Crippen molar-refractivity contribution >= 4 is 21.8 Å². The Balaban J connectivity index is 1.61. The number of aryl methyl sites for hydroxylation is 1. The molecule has 1 aliphatic heterocycles. The number of hydrogen-bond donors (Lipinski definition) is 0. The molecule has 0 saturated carbocycles. The molecule has 1 aromatic carbocycles. The summed E-state index contributed by atoms with van der Waals surface area (Å²) in [4.78, 5) is 18.5. The lowest BCUT2D eigenvalue weighted by atomic mass is 10.1. The molecule has 3 rings (SSSR count). The lowest BCUT2D eigenvalue weighted by molar-refractivity contribution is -0.131. The Bertz CT molecular complexity index is 617. The van der Waals surface area contributed by atoms with Gasteiger partial charge in [0.05, 0.1) is 12.2 Å². The van der Waals surface area contributed by atoms with Gasteiger partial charge in [0.2, 0.25) is 5.91 Å². The minimum absolute atomic E-state index is 0.193. The second-order valence-corrected chi connectivity index (χ2v) is 5.80. The average Bonchev–Trinajstić information content (AvgIpc) is 2.90. The third kappa shape index (κ3) is 2.75. The van der Waals surface area contributed by atoms with Crippen molar-refractivity contribution in [2.45, 2.75) is 25.9 Å². The van der Waals surface area contributed by atoms with Gasteiger partial charge in [-0.25, -0.2) is 0 Å². The van der Waals surface area contributed by atoms with E-state index in [1.165, 1.54) is 11.1 Å². The molecule has 1 amide bonds. The Labute approximate surface area is 126 Å². The van der Waals surface area contributed by atoms with E-state index in [1.807, 2.05) is 35.2 Å². The van der Waals surface area contributed by atoms with Gasteiger partial charge in [-0.2, -0.15) is 0 Å². The normalized spacial score (nSPS) is 13.3. The highest BCUT2D eigenvalue weighted by Crippen LogP contribution is 2.22. The van der Waals surface area contributed by atoms with E-state index in [4.69, 9.17) is 0 Å². The highest BCUT2D eigenvalue weighted by Gasteiger charge is 2.23. The van der Waals surface area contributed by atoms with Crippen molar-refractivity contribution in [3.63, 3.8) is 0 Å². The van der Waals surface area contributed by atoms with Crippen LogP contribution in [0.2, 0.25) is 0 Å². The van der Waals surface area contributed by atoms with Crippen molar-refractivity contribution in [1.29, 1.82) is 0 Å². The number of halogens is 1. The fourth-order valence-corrected chi connectivity index (χ4v) is 2.96. The van der Waals surface area contributed by atoms with Gasteiger partial charge in [-0.15, -0.1) is 0 Å². The van der Waals surface area contributed by atoms with Gasteiger partial charge in [0.15, 0.2) is 0 Å². The first-order valence-electron chi connectivity index (χ1n) is 6.68. The van der Waals surface area contributed by atoms with E-state index in [9.17, 15) is 4.79 Å². The lowest BCUT2D eigenvalue weighted by Crippen LogP contribution is -2.25. The summed E-state index contributed by atoms with van der Waals surface area (Å²) in [5, 5.41) is 0. The Morgan fingerprint density at radius 3 is 2.85 bits per heavy atom. The first-order valence-corrected chi connectivity index (χ1v) is 7.47. The molecule has 0 unspecified atom stereocenters. The third-order valence-corrected chi connectivity index (χ3v) is 4.38. The minimum atomic E-state index is 0.193. The number of rotatable bonds is 3. The number of amides is 1. The van der Waals surface area contributed by atoms with E-state index in [2.05, 4.69) is 27.0 Å². The first-order chi connectivity index (χ1) is 9.74. The number of pyridine rings is 1. The molecular weight excluding hydrogens is 316 g/mol. The summed E-state index contributed by atoms with van der Waals surface area (Å²) in [6.45, 7) is 1.34. The second kappa shape index (κ2) is 5.75. The second-order valence-electron chi connectivity index (χ2n) is 4.95. The lowest BCUT2D eigenvalue weighted by Gasteiger charge is -2.15. The smallest absolute Gasteiger partial charge is 0.223 e. The number of aromatic nitrogens is 1. The van der Waals surface area contributed by atoms with Gasteiger partial charge in [-0.3, -0.25) is 9.78 Å². The SMILES string of the molecule is O=C(CCc1ccccc1Br)N1Cc2cccnc2C1. The van der Waals surface area contributed by atoms with Gasteiger partial charge in [0, 0.05) is 23.6 Å². The van der Waals surface area contributed by atoms with Crippen LogP contribution >= 0.6 is 15.9 Å². The first kappa shape index (κ1) is 13.3. The maximum atomic E-state index is 12.3. The monoisotopic (exact) mass is 330 g/mol. The van der Waals surface area contributed by atoms with Crippen molar-refractivity contribution < 1.29 is 4.79 Å². The van der Waals surface area contributed by atoms with Gasteiger partial charge in [0.1, 0.15) is 0 Å². The van der Waals surface area contributed by atoms with Crippen LogP contribution in [0.25, 0.3) is 0 Å². The molecule has 0 fully saturated rings. The van der Waals surface area contributed by atoms with E-state index in [0.29, 0.717) is 19.5 Å². The largest absolute Gasteiger partial charge is 0.332 e. The number of benzene rings is 1. The van der Waals surface area contributed by atoms with Crippen molar-refractivity contribution in [2.75, 3.05) is 0 Å². The number of carbonyl (C=O) groups is 1. The molecule has 0 saturated heterocycles.